The molecule has 0 saturated heterocycles. The Labute approximate surface area is 170 Å². The molecular formula is C17H15BrCl2N2O2S. The number of ether oxygens (including phenoxy) is 1. The smallest absolute Gasteiger partial charge is 0.257 e. The van der Waals surface area contributed by atoms with Gasteiger partial charge in [-0.2, -0.15) is 0 Å². The molecule has 0 heterocycles. The summed E-state index contributed by atoms with van der Waals surface area (Å²) in [5.74, 6) is 0.348. The number of halogens is 3. The van der Waals surface area contributed by atoms with Crippen molar-refractivity contribution in [1.29, 1.82) is 0 Å². The van der Waals surface area contributed by atoms with Crippen molar-refractivity contribution in [3.63, 3.8) is 0 Å². The van der Waals surface area contributed by atoms with E-state index in [0.717, 1.165) is 6.42 Å². The van der Waals surface area contributed by atoms with Gasteiger partial charge < -0.3 is 10.1 Å². The van der Waals surface area contributed by atoms with Crippen LogP contribution in [0.2, 0.25) is 10.0 Å². The van der Waals surface area contributed by atoms with Crippen molar-refractivity contribution >= 4 is 68.1 Å². The monoisotopic (exact) mass is 460 g/mol. The molecule has 2 aromatic rings. The number of hydrogen-bond acceptors (Lipinski definition) is 3. The Morgan fingerprint density at radius 2 is 1.88 bits per heavy atom. The summed E-state index contributed by atoms with van der Waals surface area (Å²) in [4.78, 5) is 12.3. The maximum Gasteiger partial charge on any atom is 0.257 e. The molecule has 0 spiro atoms. The van der Waals surface area contributed by atoms with E-state index in [-0.39, 0.29) is 11.0 Å². The van der Waals surface area contributed by atoms with Gasteiger partial charge >= 0.3 is 0 Å². The van der Waals surface area contributed by atoms with Crippen molar-refractivity contribution in [2.24, 2.45) is 0 Å². The summed E-state index contributed by atoms with van der Waals surface area (Å²) in [6.07, 6.45) is 0.905. The standard InChI is InChI=1S/C17H15BrCl2N2O2S/c1-2-5-24-15-4-3-10(6-14(15)18)16(23)22-17(25)21-13-8-11(19)7-12(20)9-13/h3-4,6-9H,2,5H2,1H3,(H2,21,22,23,25). The normalized spacial score (nSPS) is 10.2. The molecule has 132 valence electrons. The first-order valence-electron chi connectivity index (χ1n) is 7.40. The van der Waals surface area contributed by atoms with Crippen LogP contribution < -0.4 is 15.4 Å². The molecule has 0 aliphatic rings. The second kappa shape index (κ2) is 9.38. The molecular weight excluding hydrogens is 447 g/mol. The number of anilines is 1. The van der Waals surface area contributed by atoms with Gasteiger partial charge in [-0.3, -0.25) is 10.1 Å². The van der Waals surface area contributed by atoms with Crippen LogP contribution in [0.15, 0.2) is 40.9 Å². The van der Waals surface area contributed by atoms with E-state index in [1.807, 2.05) is 6.92 Å². The lowest BCUT2D eigenvalue weighted by atomic mass is 10.2. The summed E-state index contributed by atoms with van der Waals surface area (Å²) >= 11 is 20.4. The number of benzene rings is 2. The zero-order valence-corrected chi connectivity index (χ0v) is 17.2. The second-order valence-electron chi connectivity index (χ2n) is 5.06. The van der Waals surface area contributed by atoms with E-state index in [0.29, 0.717) is 38.1 Å². The molecule has 0 saturated carbocycles. The summed E-state index contributed by atoms with van der Waals surface area (Å²) < 4.78 is 6.26. The molecule has 0 bridgehead atoms. The average Bonchev–Trinajstić information content (AvgIpc) is 2.52. The fraction of sp³-hybridized carbons (Fsp3) is 0.176. The fourth-order valence-electron chi connectivity index (χ4n) is 1.93. The molecule has 2 N–H and O–H groups in total. The lowest BCUT2D eigenvalue weighted by molar-refractivity contribution is 0.0977. The van der Waals surface area contributed by atoms with E-state index in [1.165, 1.54) is 0 Å². The van der Waals surface area contributed by atoms with Gasteiger partial charge in [0, 0.05) is 21.3 Å². The molecule has 0 aliphatic heterocycles. The highest BCUT2D eigenvalue weighted by Crippen LogP contribution is 2.26. The van der Waals surface area contributed by atoms with Crippen LogP contribution in [-0.4, -0.2) is 17.6 Å². The summed E-state index contributed by atoms with van der Waals surface area (Å²) in [5, 5.41) is 6.56. The minimum atomic E-state index is -0.339. The van der Waals surface area contributed by atoms with Gasteiger partial charge in [0.15, 0.2) is 5.11 Å². The third kappa shape index (κ3) is 6.15. The number of nitrogens with one attached hydrogen (secondary N) is 2. The van der Waals surface area contributed by atoms with E-state index >= 15 is 0 Å². The zero-order valence-electron chi connectivity index (χ0n) is 13.2. The van der Waals surface area contributed by atoms with Crippen molar-refractivity contribution in [1.82, 2.24) is 5.32 Å². The highest BCUT2D eigenvalue weighted by Gasteiger charge is 2.11. The zero-order chi connectivity index (χ0) is 18.4. The highest BCUT2D eigenvalue weighted by molar-refractivity contribution is 9.10. The van der Waals surface area contributed by atoms with Crippen molar-refractivity contribution in [3.05, 3.63) is 56.5 Å². The van der Waals surface area contributed by atoms with Crippen LogP contribution in [0.1, 0.15) is 23.7 Å². The molecule has 1 amide bonds. The Hall–Kier alpha value is -1.34. The molecule has 0 aliphatic carbocycles. The highest BCUT2D eigenvalue weighted by atomic mass is 79.9. The quantitative estimate of drug-likeness (QED) is 0.563. The molecule has 25 heavy (non-hydrogen) atoms. The molecule has 0 fully saturated rings. The number of hydrogen-bond donors (Lipinski definition) is 2. The summed E-state index contributed by atoms with van der Waals surface area (Å²) in [6, 6.07) is 10.0. The minimum Gasteiger partial charge on any atom is -0.492 e. The van der Waals surface area contributed by atoms with Gasteiger partial charge in [-0.1, -0.05) is 30.1 Å². The molecule has 2 rings (SSSR count). The van der Waals surface area contributed by atoms with Crippen molar-refractivity contribution in [3.8, 4) is 5.75 Å². The second-order valence-corrected chi connectivity index (χ2v) is 7.20. The molecule has 0 radical (unpaired) electrons. The number of rotatable bonds is 5. The van der Waals surface area contributed by atoms with Crippen molar-refractivity contribution < 1.29 is 9.53 Å². The first-order chi connectivity index (χ1) is 11.9. The number of carbonyl (C=O) groups excluding carboxylic acids is 1. The lowest BCUT2D eigenvalue weighted by Gasteiger charge is -2.12. The summed E-state index contributed by atoms with van der Waals surface area (Å²) in [7, 11) is 0. The fourth-order valence-corrected chi connectivity index (χ4v) is 3.16. The van der Waals surface area contributed by atoms with Gasteiger partial charge in [-0.05, 0) is 71.0 Å². The number of amides is 1. The molecule has 0 atom stereocenters. The Morgan fingerprint density at radius 1 is 1.20 bits per heavy atom. The predicted octanol–water partition coefficient (Wildman–Crippen LogP) is 5.67. The third-order valence-electron chi connectivity index (χ3n) is 3.00. The van der Waals surface area contributed by atoms with Gasteiger partial charge in [0.2, 0.25) is 0 Å². The Kier molecular flexibility index (Phi) is 7.50. The molecule has 0 aromatic heterocycles. The van der Waals surface area contributed by atoms with Crippen LogP contribution in [0.25, 0.3) is 0 Å². The molecule has 2 aromatic carbocycles. The Balaban J connectivity index is 2.01. The van der Waals surface area contributed by atoms with E-state index in [4.69, 9.17) is 40.2 Å². The summed E-state index contributed by atoms with van der Waals surface area (Å²) in [6.45, 7) is 2.64. The van der Waals surface area contributed by atoms with E-state index in [9.17, 15) is 4.79 Å². The number of carbonyl (C=O) groups is 1. The lowest BCUT2D eigenvalue weighted by Crippen LogP contribution is -2.34. The Bertz CT molecular complexity index is 782. The average molecular weight is 462 g/mol. The van der Waals surface area contributed by atoms with E-state index in [1.54, 1.807) is 36.4 Å². The van der Waals surface area contributed by atoms with Gasteiger partial charge in [0.25, 0.3) is 5.91 Å². The van der Waals surface area contributed by atoms with Crippen LogP contribution in [0.3, 0.4) is 0 Å². The Morgan fingerprint density at radius 3 is 2.48 bits per heavy atom. The van der Waals surface area contributed by atoms with Crippen LogP contribution in [0, 0.1) is 0 Å². The maximum atomic E-state index is 12.3. The van der Waals surface area contributed by atoms with Gasteiger partial charge in [0.1, 0.15) is 5.75 Å². The third-order valence-corrected chi connectivity index (χ3v) is 4.26. The van der Waals surface area contributed by atoms with Crippen molar-refractivity contribution in [2.45, 2.75) is 13.3 Å². The first-order valence-corrected chi connectivity index (χ1v) is 9.35. The van der Waals surface area contributed by atoms with Crippen LogP contribution in [0.5, 0.6) is 5.75 Å². The van der Waals surface area contributed by atoms with E-state index < -0.39 is 0 Å². The van der Waals surface area contributed by atoms with E-state index in [2.05, 4.69) is 26.6 Å². The molecule has 0 unspecified atom stereocenters. The number of thiocarbonyl (C=S) groups is 1. The maximum absolute atomic E-state index is 12.3. The molecule has 4 nitrogen and oxygen atoms in total. The van der Waals surface area contributed by atoms with Crippen LogP contribution >= 0.6 is 51.3 Å². The van der Waals surface area contributed by atoms with Gasteiger partial charge in [-0.25, -0.2) is 0 Å². The van der Waals surface area contributed by atoms with Crippen LogP contribution in [-0.2, 0) is 0 Å². The topological polar surface area (TPSA) is 50.4 Å². The largest absolute Gasteiger partial charge is 0.492 e. The summed E-state index contributed by atoms with van der Waals surface area (Å²) in [5.41, 5.74) is 1.04. The SMILES string of the molecule is CCCOc1ccc(C(=O)NC(=S)Nc2cc(Cl)cc(Cl)c2)cc1Br. The first kappa shape index (κ1) is 20.0. The van der Waals surface area contributed by atoms with Crippen molar-refractivity contribution in [2.75, 3.05) is 11.9 Å². The van der Waals surface area contributed by atoms with Gasteiger partial charge in [0.05, 0.1) is 11.1 Å². The van der Waals surface area contributed by atoms with Gasteiger partial charge in [-0.15, -0.1) is 0 Å². The minimum absolute atomic E-state index is 0.144. The predicted molar refractivity (Wildman–Crippen MR) is 110 cm³/mol. The molecule has 8 heteroatoms. The van der Waals surface area contributed by atoms with Crippen LogP contribution in [0.4, 0.5) is 5.69 Å².